The lowest BCUT2D eigenvalue weighted by Gasteiger charge is -2.32. The Morgan fingerprint density at radius 2 is 1.83 bits per heavy atom. The van der Waals surface area contributed by atoms with Crippen molar-refractivity contribution >= 4 is 5.91 Å². The van der Waals surface area contributed by atoms with E-state index in [1.54, 1.807) is 33.5 Å². The van der Waals surface area contributed by atoms with Crippen LogP contribution in [0.4, 0.5) is 0 Å². The van der Waals surface area contributed by atoms with Crippen LogP contribution in [0.5, 0.6) is 17.2 Å². The highest BCUT2D eigenvalue weighted by Gasteiger charge is 2.30. The molecule has 1 aromatic heterocycles. The quantitative estimate of drug-likeness (QED) is 0.584. The first-order chi connectivity index (χ1) is 14.5. The predicted octanol–water partition coefficient (Wildman–Crippen LogP) is 3.59. The second kappa shape index (κ2) is 9.82. The Labute approximate surface area is 177 Å². The molecule has 30 heavy (non-hydrogen) atoms. The molecule has 1 saturated carbocycles. The summed E-state index contributed by atoms with van der Waals surface area (Å²) in [6.07, 6.45) is 3.66. The number of hydrogen-bond acceptors (Lipinski definition) is 7. The number of benzene rings is 1. The number of aromatic nitrogens is 2. The number of nitrogens with zero attached hydrogens (tertiary/aromatic N) is 3. The van der Waals surface area contributed by atoms with Crippen LogP contribution >= 0.6 is 0 Å². The van der Waals surface area contributed by atoms with Gasteiger partial charge in [-0.1, -0.05) is 25.4 Å². The number of methoxy groups -OCH3 is 3. The first-order valence-electron chi connectivity index (χ1n) is 10.4. The Morgan fingerprint density at radius 3 is 2.33 bits per heavy atom. The van der Waals surface area contributed by atoms with Crippen LogP contribution in [0.2, 0.25) is 0 Å². The van der Waals surface area contributed by atoms with E-state index in [4.69, 9.17) is 18.7 Å². The highest BCUT2D eigenvalue weighted by atomic mass is 16.5. The molecule has 0 spiro atoms. The summed E-state index contributed by atoms with van der Waals surface area (Å²) >= 11 is 0. The van der Waals surface area contributed by atoms with Crippen LogP contribution in [0.1, 0.15) is 39.0 Å². The number of carbonyl (C=O) groups is 1. The number of rotatable bonds is 10. The van der Waals surface area contributed by atoms with Gasteiger partial charge >= 0.3 is 0 Å². The van der Waals surface area contributed by atoms with E-state index < -0.39 is 0 Å². The molecule has 0 aliphatic heterocycles. The van der Waals surface area contributed by atoms with E-state index in [0.29, 0.717) is 53.4 Å². The van der Waals surface area contributed by atoms with Crippen LogP contribution in [-0.4, -0.2) is 55.4 Å². The Morgan fingerprint density at radius 1 is 1.17 bits per heavy atom. The van der Waals surface area contributed by atoms with Crippen LogP contribution in [0.3, 0.4) is 0 Å². The van der Waals surface area contributed by atoms with Gasteiger partial charge in [0.25, 0.3) is 0 Å². The lowest BCUT2D eigenvalue weighted by molar-refractivity contribution is -0.138. The number of ether oxygens (including phenoxy) is 3. The fourth-order valence-electron chi connectivity index (χ4n) is 3.56. The Hall–Kier alpha value is -2.77. The zero-order valence-electron chi connectivity index (χ0n) is 18.4. The third kappa shape index (κ3) is 4.86. The molecule has 0 atom stereocenters. The second-order valence-electron chi connectivity index (χ2n) is 7.98. The molecule has 3 rings (SSSR count). The molecular formula is C22H31N3O5. The Kier molecular flexibility index (Phi) is 7.18. The maximum absolute atomic E-state index is 12.7. The molecule has 8 nitrogen and oxygen atoms in total. The molecule has 0 bridgehead atoms. The molecule has 1 aliphatic rings. The summed E-state index contributed by atoms with van der Waals surface area (Å²) in [5, 5.41) is 4.10. The standard InChI is InChI=1S/C22H31N3O5/c1-14(2)13-25(22(26)15-7-6-8-15)10-9-19-23-21(24-30-19)16-11-17(27-3)20(29-5)18(12-16)28-4/h11-12,14-15H,6-10,13H2,1-5H3. The molecule has 164 valence electrons. The molecule has 1 fully saturated rings. The molecule has 2 aromatic rings. The van der Waals surface area contributed by atoms with Crippen molar-refractivity contribution in [2.75, 3.05) is 34.4 Å². The van der Waals surface area contributed by atoms with E-state index >= 15 is 0 Å². The highest BCUT2D eigenvalue weighted by molar-refractivity contribution is 5.79. The first kappa shape index (κ1) is 21.9. The molecule has 1 amide bonds. The fourth-order valence-corrected chi connectivity index (χ4v) is 3.56. The van der Waals surface area contributed by atoms with Gasteiger partial charge in [-0.05, 0) is 30.9 Å². The van der Waals surface area contributed by atoms with E-state index in [9.17, 15) is 4.79 Å². The SMILES string of the molecule is COc1cc(-c2noc(CCN(CC(C)C)C(=O)C3CCC3)n2)cc(OC)c1OC. The van der Waals surface area contributed by atoms with Crippen molar-refractivity contribution < 1.29 is 23.5 Å². The van der Waals surface area contributed by atoms with Crippen LogP contribution in [0.25, 0.3) is 11.4 Å². The van der Waals surface area contributed by atoms with Crippen LogP contribution in [-0.2, 0) is 11.2 Å². The summed E-state index contributed by atoms with van der Waals surface area (Å²) in [5.41, 5.74) is 0.698. The van der Waals surface area contributed by atoms with Crippen molar-refractivity contribution in [3.63, 3.8) is 0 Å². The molecule has 0 N–H and O–H groups in total. The van der Waals surface area contributed by atoms with Gasteiger partial charge in [0.2, 0.25) is 23.4 Å². The monoisotopic (exact) mass is 417 g/mol. The zero-order chi connectivity index (χ0) is 21.7. The lowest BCUT2D eigenvalue weighted by Crippen LogP contribution is -2.42. The van der Waals surface area contributed by atoms with E-state index in [0.717, 1.165) is 25.8 Å². The summed E-state index contributed by atoms with van der Waals surface area (Å²) < 4.78 is 21.6. The van der Waals surface area contributed by atoms with Gasteiger partial charge < -0.3 is 23.6 Å². The Balaban J connectivity index is 1.73. The fraction of sp³-hybridized carbons (Fsp3) is 0.591. The van der Waals surface area contributed by atoms with E-state index in [1.165, 1.54) is 0 Å². The lowest BCUT2D eigenvalue weighted by atomic mass is 9.84. The third-order valence-electron chi connectivity index (χ3n) is 5.34. The molecular weight excluding hydrogens is 386 g/mol. The second-order valence-corrected chi connectivity index (χ2v) is 7.98. The molecule has 1 aromatic carbocycles. The minimum absolute atomic E-state index is 0.182. The molecule has 1 aliphatic carbocycles. The van der Waals surface area contributed by atoms with E-state index in [1.807, 2.05) is 4.90 Å². The van der Waals surface area contributed by atoms with E-state index in [2.05, 4.69) is 24.0 Å². The number of amides is 1. The first-order valence-corrected chi connectivity index (χ1v) is 10.4. The number of carbonyl (C=O) groups excluding carboxylic acids is 1. The highest BCUT2D eigenvalue weighted by Crippen LogP contribution is 2.40. The van der Waals surface area contributed by atoms with Gasteiger partial charge in [-0.3, -0.25) is 4.79 Å². The molecule has 1 heterocycles. The molecule has 0 saturated heterocycles. The van der Waals surface area contributed by atoms with Gasteiger partial charge in [0.05, 0.1) is 21.3 Å². The third-order valence-corrected chi connectivity index (χ3v) is 5.34. The van der Waals surface area contributed by atoms with Gasteiger partial charge in [0, 0.05) is 31.0 Å². The average molecular weight is 418 g/mol. The number of hydrogen-bond donors (Lipinski definition) is 0. The maximum Gasteiger partial charge on any atom is 0.228 e. The topological polar surface area (TPSA) is 86.9 Å². The van der Waals surface area contributed by atoms with Gasteiger partial charge in [-0.2, -0.15) is 4.98 Å². The van der Waals surface area contributed by atoms with Crippen LogP contribution in [0.15, 0.2) is 16.7 Å². The minimum atomic E-state index is 0.182. The zero-order valence-corrected chi connectivity index (χ0v) is 18.4. The van der Waals surface area contributed by atoms with Crippen LogP contribution < -0.4 is 14.2 Å². The smallest absolute Gasteiger partial charge is 0.228 e. The van der Waals surface area contributed by atoms with E-state index in [-0.39, 0.29) is 11.8 Å². The average Bonchev–Trinajstić information content (AvgIpc) is 3.17. The maximum atomic E-state index is 12.7. The molecule has 0 unspecified atom stereocenters. The minimum Gasteiger partial charge on any atom is -0.493 e. The summed E-state index contributed by atoms with van der Waals surface area (Å²) in [6.45, 7) is 5.56. The largest absolute Gasteiger partial charge is 0.493 e. The molecule has 0 radical (unpaired) electrons. The van der Waals surface area contributed by atoms with Gasteiger partial charge in [0.1, 0.15) is 0 Å². The Bertz CT molecular complexity index is 835. The van der Waals surface area contributed by atoms with Crippen molar-refractivity contribution in [3.05, 3.63) is 18.0 Å². The van der Waals surface area contributed by atoms with Crippen molar-refractivity contribution in [2.45, 2.75) is 39.5 Å². The van der Waals surface area contributed by atoms with Crippen molar-refractivity contribution in [3.8, 4) is 28.6 Å². The van der Waals surface area contributed by atoms with Crippen LogP contribution in [0, 0.1) is 11.8 Å². The summed E-state index contributed by atoms with van der Waals surface area (Å²) in [4.78, 5) is 19.2. The summed E-state index contributed by atoms with van der Waals surface area (Å²) in [6, 6.07) is 3.56. The summed E-state index contributed by atoms with van der Waals surface area (Å²) in [7, 11) is 4.68. The van der Waals surface area contributed by atoms with Crippen molar-refractivity contribution in [1.29, 1.82) is 0 Å². The predicted molar refractivity (Wildman–Crippen MR) is 112 cm³/mol. The van der Waals surface area contributed by atoms with Crippen molar-refractivity contribution in [1.82, 2.24) is 15.0 Å². The van der Waals surface area contributed by atoms with Gasteiger partial charge in [0.15, 0.2) is 11.5 Å². The van der Waals surface area contributed by atoms with Gasteiger partial charge in [-0.25, -0.2) is 0 Å². The normalized spacial score (nSPS) is 13.8. The van der Waals surface area contributed by atoms with Crippen molar-refractivity contribution in [2.24, 2.45) is 11.8 Å². The summed E-state index contributed by atoms with van der Waals surface area (Å²) in [5.74, 6) is 3.32. The van der Waals surface area contributed by atoms with Gasteiger partial charge in [-0.15, -0.1) is 0 Å². The molecule has 8 heteroatoms.